The van der Waals surface area contributed by atoms with Crippen molar-refractivity contribution in [2.75, 3.05) is 0 Å². The number of carbonyl (C=O) groups is 2. The van der Waals surface area contributed by atoms with Crippen molar-refractivity contribution in [3.63, 3.8) is 0 Å². The maximum atomic E-state index is 10.3. The first-order valence-electron chi connectivity index (χ1n) is 20.3. The SMILES string of the molecule is CCCCCCCCCc1ccc(CCCCCCC(=O)[O-])c(O)c1.CCCCCCCCCc1ccc(CCCCCCC(=O)[O-])c(O)c1.[Na+].[Na+]. The Balaban J connectivity index is 0. The second-order valence-corrected chi connectivity index (χ2v) is 14.2. The van der Waals surface area contributed by atoms with Gasteiger partial charge in [0.1, 0.15) is 11.5 Å². The van der Waals surface area contributed by atoms with Gasteiger partial charge in [-0.25, -0.2) is 0 Å². The molecule has 0 fully saturated rings. The molecule has 6 nitrogen and oxygen atoms in total. The molecule has 0 aliphatic carbocycles. The van der Waals surface area contributed by atoms with Crippen LogP contribution in [0.3, 0.4) is 0 Å². The Bertz CT molecular complexity index is 1070. The van der Waals surface area contributed by atoms with Gasteiger partial charge in [0.25, 0.3) is 0 Å². The van der Waals surface area contributed by atoms with Crippen LogP contribution in [-0.2, 0) is 35.3 Å². The Morgan fingerprint density at radius 1 is 0.442 bits per heavy atom. The number of aryl methyl sites for hydroxylation is 4. The zero-order chi connectivity index (χ0) is 36.7. The number of aromatic hydroxyl groups is 2. The zero-order valence-corrected chi connectivity index (χ0v) is 37.8. The van der Waals surface area contributed by atoms with Crippen LogP contribution in [0, 0.1) is 0 Å². The quantitative estimate of drug-likeness (QED) is 0.0928. The van der Waals surface area contributed by atoms with Crippen LogP contribution in [0.1, 0.15) is 190 Å². The van der Waals surface area contributed by atoms with Crippen LogP contribution >= 0.6 is 0 Å². The van der Waals surface area contributed by atoms with Crippen LogP contribution < -0.4 is 69.3 Å². The number of carboxylic acid groups (broad SMARTS) is 2. The monoisotopic (exact) mass is 740 g/mol. The number of benzene rings is 2. The number of rotatable bonds is 30. The Labute approximate surface area is 361 Å². The number of phenolic OH excluding ortho intramolecular Hbond substituents is 2. The molecule has 0 aliphatic heterocycles. The van der Waals surface area contributed by atoms with Crippen LogP contribution in [-0.4, -0.2) is 22.2 Å². The van der Waals surface area contributed by atoms with Crippen molar-refractivity contribution in [2.45, 2.75) is 194 Å². The molecule has 0 heterocycles. The van der Waals surface area contributed by atoms with Gasteiger partial charge in [0, 0.05) is 11.9 Å². The topological polar surface area (TPSA) is 121 Å². The molecule has 2 aromatic carbocycles. The zero-order valence-electron chi connectivity index (χ0n) is 33.8. The fraction of sp³-hybridized carbons (Fsp3) is 0.682. The fourth-order valence-corrected chi connectivity index (χ4v) is 6.40. The summed E-state index contributed by atoms with van der Waals surface area (Å²) >= 11 is 0. The van der Waals surface area contributed by atoms with E-state index in [9.17, 15) is 30.0 Å². The van der Waals surface area contributed by atoms with E-state index in [-0.39, 0.29) is 72.0 Å². The van der Waals surface area contributed by atoms with Gasteiger partial charge in [0.15, 0.2) is 0 Å². The Morgan fingerprint density at radius 2 is 0.731 bits per heavy atom. The van der Waals surface area contributed by atoms with E-state index < -0.39 is 11.9 Å². The second-order valence-electron chi connectivity index (χ2n) is 14.2. The molecule has 0 radical (unpaired) electrons. The van der Waals surface area contributed by atoms with E-state index >= 15 is 0 Å². The minimum atomic E-state index is -0.964. The predicted molar refractivity (Wildman–Crippen MR) is 203 cm³/mol. The number of phenols is 2. The van der Waals surface area contributed by atoms with Crippen LogP contribution in [0.5, 0.6) is 11.5 Å². The van der Waals surface area contributed by atoms with E-state index in [0.29, 0.717) is 24.3 Å². The van der Waals surface area contributed by atoms with Crippen LogP contribution in [0.25, 0.3) is 0 Å². The molecule has 2 rings (SSSR count). The van der Waals surface area contributed by atoms with Gasteiger partial charge < -0.3 is 30.0 Å². The number of unbranched alkanes of at least 4 members (excludes halogenated alkanes) is 18. The summed E-state index contributed by atoms with van der Waals surface area (Å²) in [4.78, 5) is 20.7. The van der Waals surface area contributed by atoms with E-state index in [1.165, 1.54) is 101 Å². The Morgan fingerprint density at radius 3 is 1.04 bits per heavy atom. The van der Waals surface area contributed by atoms with E-state index in [1.807, 2.05) is 24.3 Å². The van der Waals surface area contributed by atoms with Crippen molar-refractivity contribution < 1.29 is 89.1 Å². The van der Waals surface area contributed by atoms with Gasteiger partial charge in [0.05, 0.1) is 0 Å². The first kappa shape index (κ1) is 53.1. The largest absolute Gasteiger partial charge is 1.00 e. The van der Waals surface area contributed by atoms with Crippen molar-refractivity contribution >= 4 is 11.9 Å². The predicted octanol–water partition coefficient (Wildman–Crippen LogP) is 3.86. The van der Waals surface area contributed by atoms with Gasteiger partial charge in [-0.3, -0.25) is 0 Å². The molecule has 0 bridgehead atoms. The molecule has 2 N–H and O–H groups in total. The standard InChI is InChI=1S/2C22H36O3.2Na/c2*1-2-3-4-5-6-7-10-13-19-16-17-20(21(23)18-19)14-11-8-9-12-15-22(24)25;;/h2*16-18,23H,2-15H2,1H3,(H,24,25);;/q;;2*+1/p-2. The van der Waals surface area contributed by atoms with Crippen LogP contribution in [0.4, 0.5) is 0 Å². The molecule has 0 atom stereocenters. The molecule has 2 aromatic rings. The van der Waals surface area contributed by atoms with Gasteiger partial charge in [-0.05, 0) is 111 Å². The van der Waals surface area contributed by atoms with Crippen molar-refractivity contribution in [2.24, 2.45) is 0 Å². The van der Waals surface area contributed by atoms with E-state index in [1.54, 1.807) is 0 Å². The third-order valence-electron chi connectivity index (χ3n) is 9.59. The molecular weight excluding hydrogens is 670 g/mol. The summed E-state index contributed by atoms with van der Waals surface area (Å²) in [5.41, 5.74) is 4.46. The third-order valence-corrected chi connectivity index (χ3v) is 9.59. The smallest absolute Gasteiger partial charge is 0.550 e. The minimum Gasteiger partial charge on any atom is -0.550 e. The number of hydrogen-bond acceptors (Lipinski definition) is 6. The molecule has 8 heteroatoms. The molecule has 0 saturated carbocycles. The van der Waals surface area contributed by atoms with E-state index in [0.717, 1.165) is 75.3 Å². The molecule has 0 unspecified atom stereocenters. The summed E-state index contributed by atoms with van der Waals surface area (Å²) in [5, 5.41) is 41.0. The molecule has 0 spiro atoms. The summed E-state index contributed by atoms with van der Waals surface area (Å²) < 4.78 is 0. The molecule has 52 heavy (non-hydrogen) atoms. The average Bonchev–Trinajstić information content (AvgIpc) is 3.08. The van der Waals surface area contributed by atoms with Crippen molar-refractivity contribution in [3.8, 4) is 11.5 Å². The van der Waals surface area contributed by atoms with Crippen molar-refractivity contribution in [1.82, 2.24) is 0 Å². The minimum absolute atomic E-state index is 0. The molecule has 0 aromatic heterocycles. The summed E-state index contributed by atoms with van der Waals surface area (Å²) in [5.74, 6) is -1.10. The molecule has 0 saturated heterocycles. The number of carboxylic acids is 2. The van der Waals surface area contributed by atoms with E-state index in [2.05, 4.69) is 26.0 Å². The second kappa shape index (κ2) is 36.9. The summed E-state index contributed by atoms with van der Waals surface area (Å²) in [6.45, 7) is 4.49. The number of aliphatic carboxylic acids is 2. The summed E-state index contributed by atoms with van der Waals surface area (Å²) in [7, 11) is 0. The fourth-order valence-electron chi connectivity index (χ4n) is 6.40. The summed E-state index contributed by atoms with van der Waals surface area (Å²) in [6.07, 6.45) is 29.6. The van der Waals surface area contributed by atoms with Gasteiger partial charge in [-0.1, -0.05) is 141 Å². The van der Waals surface area contributed by atoms with Gasteiger partial charge in [-0.2, -0.15) is 0 Å². The molecule has 0 amide bonds. The first-order chi connectivity index (χ1) is 24.3. The number of hydrogen-bond donors (Lipinski definition) is 2. The van der Waals surface area contributed by atoms with Crippen LogP contribution in [0.2, 0.25) is 0 Å². The van der Waals surface area contributed by atoms with Crippen molar-refractivity contribution in [1.29, 1.82) is 0 Å². The molecule has 0 aliphatic rings. The van der Waals surface area contributed by atoms with E-state index in [4.69, 9.17) is 0 Å². The van der Waals surface area contributed by atoms with Crippen molar-refractivity contribution in [3.05, 3.63) is 58.7 Å². The maximum absolute atomic E-state index is 10.3. The van der Waals surface area contributed by atoms with Gasteiger partial charge in [-0.15, -0.1) is 0 Å². The molecule has 284 valence electrons. The van der Waals surface area contributed by atoms with Gasteiger partial charge >= 0.3 is 59.1 Å². The third kappa shape index (κ3) is 30.3. The average molecular weight is 741 g/mol. The van der Waals surface area contributed by atoms with Gasteiger partial charge in [0.2, 0.25) is 0 Å². The normalized spacial score (nSPS) is 10.5. The van der Waals surface area contributed by atoms with Crippen LogP contribution in [0.15, 0.2) is 36.4 Å². The first-order valence-corrected chi connectivity index (χ1v) is 20.3. The Hall–Kier alpha value is -1.02. The molecular formula is C44H70Na2O6. The maximum Gasteiger partial charge on any atom is 1.00 e. The summed E-state index contributed by atoms with van der Waals surface area (Å²) in [6, 6.07) is 12.2. The Kier molecular flexibility index (Phi) is 37.7. The number of carbonyl (C=O) groups excluding carboxylic acids is 2.